The zero-order valence-electron chi connectivity index (χ0n) is 38.9. The Morgan fingerprint density at radius 2 is 1.71 bits per heavy atom. The van der Waals surface area contributed by atoms with Gasteiger partial charge in [0, 0.05) is 44.2 Å². The number of furan rings is 1. The number of rotatable bonds is 6. The zero-order chi connectivity index (χ0) is 43.3. The van der Waals surface area contributed by atoms with Crippen LogP contribution in [0.1, 0.15) is 73.9 Å². The van der Waals surface area contributed by atoms with Crippen LogP contribution in [-0.2, 0) is 26.5 Å². The molecule has 0 fully saturated rings. The first kappa shape index (κ1) is 27.7. The van der Waals surface area contributed by atoms with E-state index in [4.69, 9.17) is 15.4 Å². The number of hydrogen-bond acceptors (Lipinski definition) is 4. The molecule has 0 saturated carbocycles. The topological polar surface area (TPSA) is 51.8 Å². The number of benzene rings is 3. The predicted molar refractivity (Wildman–Crippen MR) is 212 cm³/mol. The van der Waals surface area contributed by atoms with Gasteiger partial charge in [-0.2, -0.15) is 0 Å². The molecular weight excluding hydrogens is 863 g/mol. The summed E-state index contributed by atoms with van der Waals surface area (Å²) in [5, 5.41) is 1.48. The minimum Gasteiger partial charge on any atom is -0.486 e. The Morgan fingerprint density at radius 3 is 2.39 bits per heavy atom. The van der Waals surface area contributed by atoms with Crippen LogP contribution >= 0.6 is 0 Å². The smallest absolute Gasteiger partial charge is 0.216 e. The van der Waals surface area contributed by atoms with E-state index < -0.39 is 44.7 Å². The summed E-state index contributed by atoms with van der Waals surface area (Å²) in [5.41, 5.74) is 5.33. The standard InChI is InChI=1S/C23H26GeN.C22H21N2O.Ir/c1-17-11-13-20(14-12-17)23-15-21(22(16-25-23)24(3,4)5)18(2)19-9-7-6-8-10-19;1-14-8-9-17-16-6-5-7-18(20(16)25-21(17)24-14)19-12-15(10-11-23-19)13-22(2,3)4;/h6-13,15-16,18H,1-5H3;5-6,8-12H,13H2,1-4H3;/q2*-1;/i1D3,18D;1D3,13D2;. The summed E-state index contributed by atoms with van der Waals surface area (Å²) in [5.74, 6) is 6.00. The molecule has 1 radical (unpaired) electrons. The van der Waals surface area contributed by atoms with E-state index in [0.717, 1.165) is 22.1 Å². The van der Waals surface area contributed by atoms with Crippen molar-refractivity contribution in [3.63, 3.8) is 0 Å². The molecule has 4 aromatic heterocycles. The van der Waals surface area contributed by atoms with E-state index in [9.17, 15) is 1.37 Å². The van der Waals surface area contributed by atoms with Crippen molar-refractivity contribution in [1.82, 2.24) is 15.0 Å². The van der Waals surface area contributed by atoms with Gasteiger partial charge in [-0.05, 0) is 42.5 Å². The fraction of sp³-hybridized carbons (Fsp3) is 0.267. The van der Waals surface area contributed by atoms with Crippen LogP contribution in [-0.4, -0.2) is 28.2 Å². The molecule has 3 aromatic carbocycles. The number of hydrogen-bond donors (Lipinski definition) is 0. The van der Waals surface area contributed by atoms with Crippen LogP contribution in [0.4, 0.5) is 0 Å². The van der Waals surface area contributed by atoms with Gasteiger partial charge >= 0.3 is 160 Å². The summed E-state index contributed by atoms with van der Waals surface area (Å²) in [6, 6.07) is 33.1. The quantitative estimate of drug-likeness (QED) is 0.123. The van der Waals surface area contributed by atoms with Gasteiger partial charge in [-0.25, -0.2) is 4.98 Å². The van der Waals surface area contributed by atoms with Crippen molar-refractivity contribution < 1.29 is 36.9 Å². The number of aromatic nitrogens is 3. The minimum atomic E-state index is -2.32. The Balaban J connectivity index is 0.000000224. The molecule has 0 N–H and O–H groups in total. The van der Waals surface area contributed by atoms with Crippen LogP contribution in [0.25, 0.3) is 44.6 Å². The van der Waals surface area contributed by atoms with E-state index in [-0.39, 0.29) is 37.1 Å². The van der Waals surface area contributed by atoms with E-state index in [0.29, 0.717) is 33.5 Å². The molecule has 6 heteroatoms. The van der Waals surface area contributed by atoms with E-state index in [1.165, 1.54) is 16.5 Å². The van der Waals surface area contributed by atoms with Crippen LogP contribution in [0.2, 0.25) is 17.3 Å². The first-order valence-electron chi connectivity index (χ1n) is 21.1. The van der Waals surface area contributed by atoms with E-state index in [1.807, 2.05) is 76.4 Å². The van der Waals surface area contributed by atoms with Crippen LogP contribution in [0, 0.1) is 31.3 Å². The first-order valence-corrected chi connectivity index (χ1v) is 23.9. The Morgan fingerprint density at radius 1 is 0.902 bits per heavy atom. The van der Waals surface area contributed by atoms with Crippen molar-refractivity contribution in [3.05, 3.63) is 143 Å². The van der Waals surface area contributed by atoms with Crippen molar-refractivity contribution in [3.8, 4) is 22.5 Å². The number of aryl methyl sites for hydroxylation is 2. The Hall–Kier alpha value is -3.90. The average Bonchev–Trinajstić information content (AvgIpc) is 3.55. The third-order valence-corrected chi connectivity index (χ3v) is 12.5. The second-order valence-electron chi connectivity index (χ2n) is 14.4. The molecule has 0 aliphatic heterocycles. The largest absolute Gasteiger partial charge is 0.486 e. The monoisotopic (exact) mass is 921 g/mol. The molecule has 51 heavy (non-hydrogen) atoms. The van der Waals surface area contributed by atoms with Crippen LogP contribution < -0.4 is 4.40 Å². The number of nitrogens with zero attached hydrogens (tertiary/aromatic N) is 3. The van der Waals surface area contributed by atoms with Gasteiger partial charge < -0.3 is 9.40 Å². The number of fused-ring (bicyclic) bond motifs is 3. The molecule has 4 heterocycles. The SMILES string of the molecule is [2H]C([2H])([2H])c1c[c-]c(-c2cc(C([2H])(C)c3ccccc3)[c]([Ge]([CH3])([CH3])[CH3])cn2)cc1.[2H]C([2H])([2H])c1ccc2c(n1)oc1c(-c3cc(C([2H])([2H])C(C)(C)C)ccn3)[c-]ccc12.[Ir]. The van der Waals surface area contributed by atoms with Crippen LogP contribution in [0.15, 0.2) is 108 Å². The van der Waals surface area contributed by atoms with Gasteiger partial charge in [-0.15, -0.1) is 18.2 Å². The van der Waals surface area contributed by atoms with Crippen molar-refractivity contribution in [2.75, 3.05) is 0 Å². The summed E-state index contributed by atoms with van der Waals surface area (Å²) in [7, 11) is 0. The molecule has 0 bridgehead atoms. The molecule has 4 nitrogen and oxygen atoms in total. The van der Waals surface area contributed by atoms with Gasteiger partial charge in [0.15, 0.2) is 0 Å². The molecular formula is C45H47GeIrN3O-2. The van der Waals surface area contributed by atoms with Gasteiger partial charge in [-0.1, -0.05) is 43.4 Å². The summed E-state index contributed by atoms with van der Waals surface area (Å²) >= 11 is -2.30. The molecule has 263 valence electrons. The zero-order valence-corrected chi connectivity index (χ0v) is 34.4. The first-order chi connectivity index (χ1) is 27.3. The molecule has 0 spiro atoms. The van der Waals surface area contributed by atoms with Crippen molar-refractivity contribution in [2.45, 2.75) is 70.9 Å². The normalized spacial score (nSPS) is 16.3. The van der Waals surface area contributed by atoms with E-state index in [1.54, 1.807) is 42.6 Å². The van der Waals surface area contributed by atoms with Gasteiger partial charge in [0.25, 0.3) is 0 Å². The van der Waals surface area contributed by atoms with Crippen molar-refractivity contribution >= 4 is 39.7 Å². The second kappa shape index (κ2) is 15.8. The molecule has 1 unspecified atom stereocenters. The summed E-state index contributed by atoms with van der Waals surface area (Å²) in [4.78, 5) is 13.3. The maximum Gasteiger partial charge on any atom is 0.216 e. The average molecular weight is 920 g/mol. The summed E-state index contributed by atoms with van der Waals surface area (Å²) in [6.07, 6.45) is 1.93. The molecule has 1 atom stereocenters. The minimum absolute atomic E-state index is 0. The Labute approximate surface area is 332 Å². The Kier molecular flexibility index (Phi) is 8.57. The summed E-state index contributed by atoms with van der Waals surface area (Å²) in [6.45, 7) is 3.02. The van der Waals surface area contributed by atoms with E-state index >= 15 is 0 Å². The van der Waals surface area contributed by atoms with Gasteiger partial charge in [0.2, 0.25) is 5.71 Å². The second-order valence-corrected chi connectivity index (χ2v) is 25.0. The summed E-state index contributed by atoms with van der Waals surface area (Å²) < 4.78 is 78.8. The molecule has 0 aliphatic rings. The fourth-order valence-electron chi connectivity index (χ4n) is 5.83. The maximum absolute atomic E-state index is 9.22. The molecule has 0 amide bonds. The molecule has 7 aromatic rings. The molecule has 0 saturated heterocycles. The molecule has 0 aliphatic carbocycles. The number of pyridine rings is 3. The van der Waals surface area contributed by atoms with E-state index in [2.05, 4.69) is 44.4 Å². The molecule has 7 rings (SSSR count). The van der Waals surface area contributed by atoms with Crippen molar-refractivity contribution in [2.24, 2.45) is 5.41 Å². The van der Waals surface area contributed by atoms with Crippen LogP contribution in [0.3, 0.4) is 0 Å². The third kappa shape index (κ3) is 9.13. The fourth-order valence-corrected chi connectivity index (χ4v) is 9.02. The van der Waals surface area contributed by atoms with Gasteiger partial charge in [0.1, 0.15) is 0 Å². The van der Waals surface area contributed by atoms with Crippen LogP contribution in [0.5, 0.6) is 0 Å². The van der Waals surface area contributed by atoms with Crippen molar-refractivity contribution in [1.29, 1.82) is 0 Å². The van der Waals surface area contributed by atoms with Gasteiger partial charge in [0.05, 0.1) is 5.58 Å². The Bertz CT molecular complexity index is 2610. The maximum atomic E-state index is 9.22. The predicted octanol–water partition coefficient (Wildman–Crippen LogP) is 11.3. The third-order valence-electron chi connectivity index (χ3n) is 8.25. The van der Waals surface area contributed by atoms with Gasteiger partial charge in [-0.3, -0.25) is 0 Å².